The second-order valence-electron chi connectivity index (χ2n) is 5.92. The van der Waals surface area contributed by atoms with Crippen LogP contribution in [-0.2, 0) is 11.3 Å². The molecule has 1 heterocycles. The highest BCUT2D eigenvalue weighted by molar-refractivity contribution is 5.78. The van der Waals surface area contributed by atoms with E-state index in [1.807, 2.05) is 13.0 Å². The SMILES string of the molecule is C[C@@H](CCN1CCCC1=O)NC(=O)NCc1cc(C#N)ccc1F. The highest BCUT2D eigenvalue weighted by Gasteiger charge is 2.20. The molecule has 1 aromatic rings. The fourth-order valence-electron chi connectivity index (χ4n) is 2.59. The lowest BCUT2D eigenvalue weighted by Gasteiger charge is -2.19. The van der Waals surface area contributed by atoms with Crippen molar-refractivity contribution in [3.63, 3.8) is 0 Å². The number of carbonyl (C=O) groups is 2. The maximum absolute atomic E-state index is 13.6. The first-order valence-electron chi connectivity index (χ1n) is 8.00. The van der Waals surface area contributed by atoms with E-state index >= 15 is 0 Å². The quantitative estimate of drug-likeness (QED) is 0.834. The number of likely N-dealkylation sites (tertiary alicyclic amines) is 1. The molecule has 128 valence electrons. The highest BCUT2D eigenvalue weighted by atomic mass is 19.1. The summed E-state index contributed by atoms with van der Waals surface area (Å²) in [6.45, 7) is 3.27. The lowest BCUT2D eigenvalue weighted by Crippen LogP contribution is -2.42. The van der Waals surface area contributed by atoms with Gasteiger partial charge in [-0.15, -0.1) is 0 Å². The first-order valence-corrected chi connectivity index (χ1v) is 8.00. The topological polar surface area (TPSA) is 85.2 Å². The summed E-state index contributed by atoms with van der Waals surface area (Å²) in [6.07, 6.45) is 2.17. The van der Waals surface area contributed by atoms with Crippen LogP contribution in [0.2, 0.25) is 0 Å². The van der Waals surface area contributed by atoms with Crippen LogP contribution in [0.3, 0.4) is 0 Å². The summed E-state index contributed by atoms with van der Waals surface area (Å²) in [5, 5.41) is 14.2. The Morgan fingerprint density at radius 3 is 2.96 bits per heavy atom. The van der Waals surface area contributed by atoms with Gasteiger partial charge in [0.05, 0.1) is 11.6 Å². The minimum Gasteiger partial charge on any atom is -0.343 e. The number of nitrogens with one attached hydrogen (secondary N) is 2. The van der Waals surface area contributed by atoms with E-state index in [1.165, 1.54) is 18.2 Å². The van der Waals surface area contributed by atoms with E-state index in [4.69, 9.17) is 5.26 Å². The number of amides is 3. The number of nitrogens with zero attached hydrogens (tertiary/aromatic N) is 2. The second kappa shape index (κ2) is 8.29. The molecule has 1 fully saturated rings. The van der Waals surface area contributed by atoms with Crippen LogP contribution in [0.1, 0.15) is 37.3 Å². The van der Waals surface area contributed by atoms with E-state index in [-0.39, 0.29) is 24.1 Å². The van der Waals surface area contributed by atoms with E-state index in [2.05, 4.69) is 10.6 Å². The lowest BCUT2D eigenvalue weighted by molar-refractivity contribution is -0.127. The zero-order valence-corrected chi connectivity index (χ0v) is 13.6. The minimum atomic E-state index is -0.463. The van der Waals surface area contributed by atoms with Crippen LogP contribution in [0.25, 0.3) is 0 Å². The number of halogens is 1. The average molecular weight is 332 g/mol. The van der Waals surface area contributed by atoms with Crippen molar-refractivity contribution in [1.82, 2.24) is 15.5 Å². The predicted molar refractivity (Wildman–Crippen MR) is 86.4 cm³/mol. The number of benzene rings is 1. The van der Waals surface area contributed by atoms with Crippen molar-refractivity contribution in [2.45, 2.75) is 38.8 Å². The molecule has 1 saturated heterocycles. The summed E-state index contributed by atoms with van der Waals surface area (Å²) in [4.78, 5) is 25.2. The van der Waals surface area contributed by atoms with Crippen molar-refractivity contribution in [2.24, 2.45) is 0 Å². The van der Waals surface area contributed by atoms with E-state index in [0.717, 1.165) is 13.0 Å². The van der Waals surface area contributed by atoms with Gasteiger partial charge in [-0.05, 0) is 38.0 Å². The van der Waals surface area contributed by atoms with Crippen molar-refractivity contribution >= 4 is 11.9 Å². The van der Waals surface area contributed by atoms with Crippen molar-refractivity contribution in [3.8, 4) is 6.07 Å². The lowest BCUT2D eigenvalue weighted by atomic mass is 10.1. The molecular weight excluding hydrogens is 311 g/mol. The van der Waals surface area contributed by atoms with Crippen LogP contribution >= 0.6 is 0 Å². The summed E-state index contributed by atoms with van der Waals surface area (Å²) in [5.41, 5.74) is 0.608. The number of urea groups is 1. The molecule has 1 aliphatic rings. The fraction of sp³-hybridized carbons (Fsp3) is 0.471. The Labute approximate surface area is 140 Å². The maximum atomic E-state index is 13.6. The van der Waals surface area contributed by atoms with E-state index in [9.17, 15) is 14.0 Å². The number of carbonyl (C=O) groups excluding carboxylic acids is 2. The van der Waals surface area contributed by atoms with Gasteiger partial charge in [0, 0.05) is 37.7 Å². The van der Waals surface area contributed by atoms with Gasteiger partial charge < -0.3 is 15.5 Å². The highest BCUT2D eigenvalue weighted by Crippen LogP contribution is 2.11. The van der Waals surface area contributed by atoms with Crippen molar-refractivity contribution in [1.29, 1.82) is 5.26 Å². The standard InChI is InChI=1S/C17H21FN4O2/c1-12(6-8-22-7-2-3-16(22)23)21-17(24)20-11-14-9-13(10-19)4-5-15(14)18/h4-5,9,12H,2-3,6-8,11H2,1H3,(H2,20,21,24)/t12-/m0/s1. The number of nitriles is 1. The molecule has 1 aliphatic heterocycles. The molecule has 0 aromatic heterocycles. The molecule has 1 aromatic carbocycles. The molecule has 0 unspecified atom stereocenters. The van der Waals surface area contributed by atoms with Gasteiger partial charge in [-0.3, -0.25) is 4.79 Å². The molecule has 0 spiro atoms. The van der Waals surface area contributed by atoms with E-state index in [1.54, 1.807) is 4.90 Å². The molecule has 2 N–H and O–H groups in total. The van der Waals surface area contributed by atoms with Crippen molar-refractivity contribution in [3.05, 3.63) is 35.1 Å². The largest absolute Gasteiger partial charge is 0.343 e. The predicted octanol–water partition coefficient (Wildman–Crippen LogP) is 1.90. The summed E-state index contributed by atoms with van der Waals surface area (Å²) >= 11 is 0. The molecule has 7 heteroatoms. The normalized spacial score (nSPS) is 15.0. The first kappa shape index (κ1) is 17.7. The van der Waals surface area contributed by atoms with Crippen molar-refractivity contribution < 1.29 is 14.0 Å². The second-order valence-corrected chi connectivity index (χ2v) is 5.92. The Bertz CT molecular complexity index is 656. The maximum Gasteiger partial charge on any atom is 0.315 e. The molecule has 24 heavy (non-hydrogen) atoms. The monoisotopic (exact) mass is 332 g/mol. The van der Waals surface area contributed by atoms with Crippen molar-refractivity contribution in [2.75, 3.05) is 13.1 Å². The number of rotatable bonds is 6. The Morgan fingerprint density at radius 2 is 2.29 bits per heavy atom. The van der Waals surface area contributed by atoms with Crippen LogP contribution in [0.15, 0.2) is 18.2 Å². The molecule has 3 amide bonds. The third-order valence-corrected chi connectivity index (χ3v) is 4.00. The van der Waals surface area contributed by atoms with Gasteiger partial charge in [-0.2, -0.15) is 5.26 Å². The van der Waals surface area contributed by atoms with Gasteiger partial charge in [0.15, 0.2) is 0 Å². The van der Waals surface area contributed by atoms with Crippen LogP contribution in [0, 0.1) is 17.1 Å². The fourth-order valence-corrected chi connectivity index (χ4v) is 2.59. The Balaban J connectivity index is 1.74. The summed E-state index contributed by atoms with van der Waals surface area (Å²) in [6, 6.07) is 5.44. The first-order chi connectivity index (χ1) is 11.5. The number of hydrogen-bond acceptors (Lipinski definition) is 3. The third-order valence-electron chi connectivity index (χ3n) is 4.00. The molecule has 0 aliphatic carbocycles. The van der Waals surface area contributed by atoms with Crippen LogP contribution in [0.4, 0.5) is 9.18 Å². The molecule has 0 saturated carbocycles. The smallest absolute Gasteiger partial charge is 0.315 e. The van der Waals surface area contributed by atoms with E-state index in [0.29, 0.717) is 24.9 Å². The zero-order chi connectivity index (χ0) is 17.5. The third kappa shape index (κ3) is 4.95. The molecule has 0 radical (unpaired) electrons. The summed E-state index contributed by atoms with van der Waals surface area (Å²) in [5.74, 6) is -0.297. The van der Waals surface area contributed by atoms with Crippen LogP contribution in [-0.4, -0.2) is 36.0 Å². The minimum absolute atomic E-state index is 0.00448. The van der Waals surface area contributed by atoms with Gasteiger partial charge >= 0.3 is 6.03 Å². The van der Waals surface area contributed by atoms with Gasteiger partial charge in [-0.25, -0.2) is 9.18 Å². The van der Waals surface area contributed by atoms with Gasteiger partial charge in [0.25, 0.3) is 0 Å². The zero-order valence-electron chi connectivity index (χ0n) is 13.6. The summed E-state index contributed by atoms with van der Waals surface area (Å²) < 4.78 is 13.6. The van der Waals surface area contributed by atoms with Gasteiger partial charge in [-0.1, -0.05) is 0 Å². The van der Waals surface area contributed by atoms with Crippen LogP contribution in [0.5, 0.6) is 0 Å². The van der Waals surface area contributed by atoms with E-state index < -0.39 is 11.8 Å². The molecule has 1 atom stereocenters. The molecule has 0 bridgehead atoms. The Morgan fingerprint density at radius 1 is 1.50 bits per heavy atom. The van der Waals surface area contributed by atoms with Gasteiger partial charge in [0.2, 0.25) is 5.91 Å². The average Bonchev–Trinajstić information content (AvgIpc) is 2.97. The summed E-state index contributed by atoms with van der Waals surface area (Å²) in [7, 11) is 0. The molecule has 2 rings (SSSR count). The van der Waals surface area contributed by atoms with Crippen LogP contribution < -0.4 is 10.6 Å². The molecule has 6 nitrogen and oxygen atoms in total. The number of hydrogen-bond donors (Lipinski definition) is 2. The molecular formula is C17H21FN4O2. The van der Waals surface area contributed by atoms with Gasteiger partial charge in [0.1, 0.15) is 5.82 Å². The Hall–Kier alpha value is -2.62. The Kier molecular flexibility index (Phi) is 6.13.